The number of hydrogen-bond donors (Lipinski definition) is 2. The molecule has 16 nitrogen and oxygen atoms in total. The maximum Gasteiger partial charge on any atom is 0.305 e. The lowest BCUT2D eigenvalue weighted by Gasteiger charge is -2.26. The molecule has 0 bridgehead atoms. The van der Waals surface area contributed by atoms with Gasteiger partial charge in [0.25, 0.3) is 12.2 Å². The zero-order valence-electron chi connectivity index (χ0n) is 25.4. The van der Waals surface area contributed by atoms with Crippen molar-refractivity contribution in [3.05, 3.63) is 21.8 Å². The lowest BCUT2D eigenvalue weighted by molar-refractivity contribution is -0.198. The molecule has 2 atom stereocenters. The summed E-state index contributed by atoms with van der Waals surface area (Å²) in [5.41, 5.74) is 0.426. The van der Waals surface area contributed by atoms with E-state index in [1.807, 2.05) is 67.8 Å². The van der Waals surface area contributed by atoms with Gasteiger partial charge in [-0.15, -0.1) is 0 Å². The molecule has 1 aromatic carbocycles. The minimum absolute atomic E-state index is 0.0289. The number of carbonyl (C=O) groups is 8. The fourth-order valence-electron chi connectivity index (χ4n) is 3.42. The van der Waals surface area contributed by atoms with Crippen molar-refractivity contribution in [1.29, 1.82) is 0 Å². The van der Waals surface area contributed by atoms with Gasteiger partial charge in [-0.25, -0.2) is 0 Å². The Morgan fingerprint density at radius 3 is 1.61 bits per heavy atom. The molecule has 0 saturated carbocycles. The van der Waals surface area contributed by atoms with Gasteiger partial charge in [0.05, 0.1) is 21.4 Å². The summed E-state index contributed by atoms with van der Waals surface area (Å²) in [6, 6.07) is 0. The molecular formula is C27H31I3N2O14. The molecule has 0 aliphatic carbocycles. The maximum atomic E-state index is 13.7. The molecule has 0 heterocycles. The van der Waals surface area contributed by atoms with E-state index >= 15 is 0 Å². The number of amides is 2. The van der Waals surface area contributed by atoms with Crippen LogP contribution in [0.3, 0.4) is 0 Å². The van der Waals surface area contributed by atoms with Crippen molar-refractivity contribution < 1.29 is 66.8 Å². The molecule has 46 heavy (non-hydrogen) atoms. The number of hydrogen-bond acceptors (Lipinski definition) is 14. The summed E-state index contributed by atoms with van der Waals surface area (Å²) in [7, 11) is 0. The van der Waals surface area contributed by atoms with E-state index in [9.17, 15) is 38.4 Å². The van der Waals surface area contributed by atoms with Crippen molar-refractivity contribution in [2.24, 2.45) is 5.92 Å². The van der Waals surface area contributed by atoms with Crippen LogP contribution in [0.1, 0.15) is 57.5 Å². The molecule has 0 aliphatic heterocycles. The average Bonchev–Trinajstić information content (AvgIpc) is 2.91. The normalized spacial score (nSPS) is 11.8. The summed E-state index contributed by atoms with van der Waals surface area (Å²) in [5, 5.41) is 5.23. The van der Waals surface area contributed by atoms with Gasteiger partial charge in [-0.1, -0.05) is 0 Å². The number of benzene rings is 1. The molecule has 2 N–H and O–H groups in total. The molecule has 1 rings (SSSR count). The van der Waals surface area contributed by atoms with Crippen LogP contribution in [-0.2, 0) is 68.6 Å². The molecule has 0 fully saturated rings. The first-order valence-corrected chi connectivity index (χ1v) is 16.3. The largest absolute Gasteiger partial charge is 0.465 e. The third kappa shape index (κ3) is 13.9. The molecule has 0 spiro atoms. The van der Waals surface area contributed by atoms with Crippen molar-refractivity contribution in [2.45, 2.75) is 60.5 Å². The second-order valence-electron chi connectivity index (χ2n) is 9.18. The maximum absolute atomic E-state index is 13.7. The molecule has 2 amide bonds. The van der Waals surface area contributed by atoms with Crippen LogP contribution in [0.15, 0.2) is 0 Å². The fraction of sp³-hybridized carbons (Fsp3) is 0.481. The monoisotopic (exact) mass is 988 g/mol. The first kappa shape index (κ1) is 41.2. The van der Waals surface area contributed by atoms with E-state index in [-0.39, 0.29) is 34.6 Å². The van der Waals surface area contributed by atoms with Crippen LogP contribution in [-0.4, -0.2) is 79.8 Å². The molecule has 19 heteroatoms. The lowest BCUT2D eigenvalue weighted by atomic mass is 10.1. The van der Waals surface area contributed by atoms with Gasteiger partial charge in [0, 0.05) is 54.2 Å². The van der Waals surface area contributed by atoms with E-state index in [1.165, 1.54) is 6.92 Å². The highest BCUT2D eigenvalue weighted by molar-refractivity contribution is 14.1. The summed E-state index contributed by atoms with van der Waals surface area (Å²) in [5.74, 6) is -7.66. The van der Waals surface area contributed by atoms with E-state index < -0.39 is 72.5 Å². The molecule has 254 valence electrons. The second kappa shape index (κ2) is 19.7. The summed E-state index contributed by atoms with van der Waals surface area (Å²) in [6.07, 6.45) is -2.81. The number of ether oxygens (including phenoxy) is 6. The van der Waals surface area contributed by atoms with Crippen molar-refractivity contribution in [3.63, 3.8) is 0 Å². The highest BCUT2D eigenvalue weighted by Gasteiger charge is 2.36. The molecule has 0 aromatic heterocycles. The Hall–Kier alpha value is -2.83. The number of halogens is 3. The van der Waals surface area contributed by atoms with Crippen LogP contribution in [0.5, 0.6) is 0 Å². The SMILES string of the molecule is CC(=O)OCc1c(I)c(NC(=O)C(COC(C)=O)C(OC(C)=O)OC(C)=O)c(I)c(C(=O)NCC(COC(C)=O)OC(C)=O)c1I. The minimum Gasteiger partial charge on any atom is -0.465 e. The number of anilines is 1. The van der Waals surface area contributed by atoms with Gasteiger partial charge in [-0.2, -0.15) is 0 Å². The van der Waals surface area contributed by atoms with Gasteiger partial charge in [-0.05, 0) is 67.8 Å². The summed E-state index contributed by atoms with van der Waals surface area (Å²) in [6.45, 7) is 5.07. The molecule has 0 radical (unpaired) electrons. The number of rotatable bonds is 15. The Morgan fingerprint density at radius 1 is 0.630 bits per heavy atom. The van der Waals surface area contributed by atoms with Crippen LogP contribution in [0.2, 0.25) is 0 Å². The average molecular weight is 988 g/mol. The third-order valence-corrected chi connectivity index (χ3v) is 8.75. The van der Waals surface area contributed by atoms with Crippen LogP contribution in [0, 0.1) is 16.6 Å². The van der Waals surface area contributed by atoms with E-state index in [4.69, 9.17) is 28.4 Å². The smallest absolute Gasteiger partial charge is 0.305 e. The van der Waals surface area contributed by atoms with E-state index in [2.05, 4.69) is 10.6 Å². The highest BCUT2D eigenvalue weighted by atomic mass is 127. The van der Waals surface area contributed by atoms with Crippen LogP contribution in [0.25, 0.3) is 0 Å². The number of carbonyl (C=O) groups excluding carboxylic acids is 8. The van der Waals surface area contributed by atoms with Gasteiger partial charge in [0.15, 0.2) is 6.10 Å². The Kier molecular flexibility index (Phi) is 17.7. The van der Waals surface area contributed by atoms with E-state index in [0.717, 1.165) is 34.6 Å². The van der Waals surface area contributed by atoms with Crippen molar-refractivity contribution in [3.8, 4) is 0 Å². The molecule has 2 unspecified atom stereocenters. The van der Waals surface area contributed by atoms with E-state index in [1.54, 1.807) is 0 Å². The van der Waals surface area contributed by atoms with Gasteiger partial charge in [0.1, 0.15) is 25.7 Å². The predicted molar refractivity (Wildman–Crippen MR) is 181 cm³/mol. The van der Waals surface area contributed by atoms with Gasteiger partial charge >= 0.3 is 35.8 Å². The molecular weight excluding hydrogens is 957 g/mol. The molecule has 1 aromatic rings. The van der Waals surface area contributed by atoms with E-state index in [0.29, 0.717) is 12.7 Å². The fourth-order valence-corrected chi connectivity index (χ4v) is 7.65. The number of nitrogens with one attached hydrogen (secondary N) is 2. The third-order valence-electron chi connectivity index (χ3n) is 5.29. The first-order valence-electron chi connectivity index (χ1n) is 13.1. The lowest BCUT2D eigenvalue weighted by Crippen LogP contribution is -2.42. The van der Waals surface area contributed by atoms with Crippen LogP contribution < -0.4 is 10.6 Å². The second-order valence-corrected chi connectivity index (χ2v) is 12.4. The summed E-state index contributed by atoms with van der Waals surface area (Å²) in [4.78, 5) is 96.7. The molecule has 0 saturated heterocycles. The number of esters is 6. The quantitative estimate of drug-likeness (QED) is 0.112. The predicted octanol–water partition coefficient (Wildman–Crippen LogP) is 2.36. The van der Waals surface area contributed by atoms with Crippen molar-refractivity contribution >= 4 is 121 Å². The van der Waals surface area contributed by atoms with Gasteiger partial charge < -0.3 is 39.1 Å². The van der Waals surface area contributed by atoms with Gasteiger partial charge in [-0.3, -0.25) is 38.4 Å². The zero-order valence-corrected chi connectivity index (χ0v) is 31.9. The van der Waals surface area contributed by atoms with Crippen molar-refractivity contribution in [2.75, 3.05) is 25.1 Å². The zero-order chi connectivity index (χ0) is 35.3. The Bertz CT molecular complexity index is 1370. The highest BCUT2D eigenvalue weighted by Crippen LogP contribution is 2.36. The van der Waals surface area contributed by atoms with Crippen LogP contribution >= 0.6 is 67.8 Å². The summed E-state index contributed by atoms with van der Waals surface area (Å²) < 4.78 is 31.2. The topological polar surface area (TPSA) is 216 Å². The van der Waals surface area contributed by atoms with Gasteiger partial charge in [0.2, 0.25) is 5.91 Å². The Balaban J connectivity index is 3.66. The van der Waals surface area contributed by atoms with Crippen LogP contribution in [0.4, 0.5) is 5.69 Å². The minimum atomic E-state index is -1.78. The summed E-state index contributed by atoms with van der Waals surface area (Å²) >= 11 is 5.56. The Morgan fingerprint density at radius 2 is 1.13 bits per heavy atom. The molecule has 0 aliphatic rings. The van der Waals surface area contributed by atoms with Crippen molar-refractivity contribution in [1.82, 2.24) is 5.32 Å². The first-order chi connectivity index (χ1) is 21.3. The Labute approximate surface area is 304 Å². The standard InChI is InChI=1S/C27H31I3N2O14/c1-11(33)41-8-17(44-14(4)36)7-31-26(40)20-21(28)18(9-42-12(2)34)22(29)24(23(20)30)32-25(39)19(10-43-13(3)35)27(45-15(5)37)46-16(6)38/h17,19,27H,7-10H2,1-6H3,(H,31,40)(H,32,39).